The summed E-state index contributed by atoms with van der Waals surface area (Å²) < 4.78 is 22.1. The van der Waals surface area contributed by atoms with E-state index in [4.69, 9.17) is 18.9 Å². The number of rotatable bonds is 5. The first-order chi connectivity index (χ1) is 14.1. The highest BCUT2D eigenvalue weighted by Gasteiger charge is 2.40. The van der Waals surface area contributed by atoms with E-state index in [0.717, 1.165) is 31.7 Å². The Bertz CT molecular complexity index is 833. The molecule has 2 aromatic rings. The monoisotopic (exact) mass is 399 g/mol. The van der Waals surface area contributed by atoms with Crippen LogP contribution in [0, 0.1) is 0 Å². The zero-order valence-electron chi connectivity index (χ0n) is 16.6. The molecule has 0 bridgehead atoms. The van der Waals surface area contributed by atoms with Gasteiger partial charge in [0.2, 0.25) is 0 Å². The number of piperidine rings is 1. The molecule has 1 amide bonds. The van der Waals surface area contributed by atoms with Gasteiger partial charge in [-0.25, -0.2) is 4.98 Å². The summed E-state index contributed by atoms with van der Waals surface area (Å²) >= 11 is 0. The highest BCUT2D eigenvalue weighted by atomic mass is 16.7. The molecular formula is C21H25N3O5. The van der Waals surface area contributed by atoms with Crippen LogP contribution in [0.4, 0.5) is 11.5 Å². The average Bonchev–Trinajstić information content (AvgIpc) is 3.22. The molecule has 154 valence electrons. The van der Waals surface area contributed by atoms with Gasteiger partial charge in [-0.15, -0.1) is 0 Å². The first-order valence-corrected chi connectivity index (χ1v) is 9.65. The number of carbonyl (C=O) groups excluding carboxylic acids is 1. The number of anilines is 2. The highest BCUT2D eigenvalue weighted by molar-refractivity contribution is 6.08. The number of amides is 1. The Morgan fingerprint density at radius 2 is 1.72 bits per heavy atom. The molecule has 8 heteroatoms. The van der Waals surface area contributed by atoms with Crippen LogP contribution < -0.4 is 19.7 Å². The minimum Gasteiger partial charge on any atom is -0.496 e. The van der Waals surface area contributed by atoms with Crippen molar-refractivity contribution in [2.24, 2.45) is 0 Å². The van der Waals surface area contributed by atoms with Gasteiger partial charge in [-0.1, -0.05) is 6.07 Å². The molecule has 1 aromatic heterocycles. The van der Waals surface area contributed by atoms with Crippen molar-refractivity contribution in [1.29, 1.82) is 0 Å². The molecule has 0 saturated carbocycles. The molecule has 0 aliphatic carbocycles. The summed E-state index contributed by atoms with van der Waals surface area (Å²) in [6.07, 6.45) is 3.30. The number of hydrogen-bond acceptors (Lipinski definition) is 7. The number of carbonyl (C=O) groups is 1. The lowest BCUT2D eigenvalue weighted by molar-refractivity contribution is -0.169. The van der Waals surface area contributed by atoms with Crippen LogP contribution in [0.25, 0.3) is 0 Å². The van der Waals surface area contributed by atoms with Gasteiger partial charge >= 0.3 is 0 Å². The third-order valence-electron chi connectivity index (χ3n) is 5.32. The molecule has 2 fully saturated rings. The summed E-state index contributed by atoms with van der Waals surface area (Å²) in [5, 5.41) is 2.86. The van der Waals surface area contributed by atoms with Crippen molar-refractivity contribution in [1.82, 2.24) is 4.98 Å². The Morgan fingerprint density at radius 1 is 1.07 bits per heavy atom. The van der Waals surface area contributed by atoms with Crippen molar-refractivity contribution in [2.75, 3.05) is 50.7 Å². The predicted octanol–water partition coefficient (Wildman–Crippen LogP) is 2.69. The second kappa shape index (κ2) is 8.26. The number of aromatic nitrogens is 1. The van der Waals surface area contributed by atoms with Gasteiger partial charge in [0, 0.05) is 25.9 Å². The molecule has 2 saturated heterocycles. The standard InChI is InChI=1S/C21H25N3O5/c1-26-16-4-3-5-17(27-2)19(16)20(25)23-15-6-7-18(22-14-15)24-10-8-21(9-11-24)28-12-13-29-21/h3-7,14H,8-13H2,1-2H3,(H,23,25). The van der Waals surface area contributed by atoms with E-state index in [9.17, 15) is 4.79 Å². The van der Waals surface area contributed by atoms with E-state index in [1.807, 2.05) is 12.1 Å². The molecule has 8 nitrogen and oxygen atoms in total. The summed E-state index contributed by atoms with van der Waals surface area (Å²) in [5.74, 6) is 1.04. The van der Waals surface area contributed by atoms with E-state index in [2.05, 4.69) is 15.2 Å². The van der Waals surface area contributed by atoms with Crippen LogP contribution >= 0.6 is 0 Å². The SMILES string of the molecule is COc1cccc(OC)c1C(=O)Nc1ccc(N2CCC3(CC2)OCCO3)nc1. The average molecular weight is 399 g/mol. The summed E-state index contributed by atoms with van der Waals surface area (Å²) in [4.78, 5) is 19.5. The quantitative estimate of drug-likeness (QED) is 0.828. The summed E-state index contributed by atoms with van der Waals surface area (Å²) in [5.41, 5.74) is 0.946. The molecule has 1 aromatic carbocycles. The van der Waals surface area contributed by atoms with Crippen molar-refractivity contribution >= 4 is 17.4 Å². The lowest BCUT2D eigenvalue weighted by atomic mass is 10.0. The molecule has 2 aliphatic rings. The second-order valence-corrected chi connectivity index (χ2v) is 6.99. The summed E-state index contributed by atoms with van der Waals surface area (Å²) in [6.45, 7) is 2.97. The number of hydrogen-bond donors (Lipinski definition) is 1. The molecule has 1 N–H and O–H groups in total. The van der Waals surface area contributed by atoms with Crippen molar-refractivity contribution in [3.8, 4) is 11.5 Å². The Balaban J connectivity index is 1.42. The minimum atomic E-state index is -0.405. The predicted molar refractivity (Wildman–Crippen MR) is 108 cm³/mol. The fraction of sp³-hybridized carbons (Fsp3) is 0.429. The van der Waals surface area contributed by atoms with Crippen molar-refractivity contribution in [2.45, 2.75) is 18.6 Å². The van der Waals surface area contributed by atoms with E-state index < -0.39 is 5.79 Å². The molecule has 29 heavy (non-hydrogen) atoms. The summed E-state index contributed by atoms with van der Waals surface area (Å²) in [7, 11) is 3.04. The van der Waals surface area contributed by atoms with E-state index >= 15 is 0 Å². The normalized spacial score (nSPS) is 17.9. The molecule has 3 heterocycles. The van der Waals surface area contributed by atoms with Crippen LogP contribution in [0.1, 0.15) is 23.2 Å². The van der Waals surface area contributed by atoms with Gasteiger partial charge in [0.05, 0.1) is 39.3 Å². The maximum absolute atomic E-state index is 12.8. The molecule has 0 unspecified atom stereocenters. The number of methoxy groups -OCH3 is 2. The van der Waals surface area contributed by atoms with E-state index in [0.29, 0.717) is 36.0 Å². The number of pyridine rings is 1. The fourth-order valence-electron chi connectivity index (χ4n) is 3.78. The summed E-state index contributed by atoms with van der Waals surface area (Å²) in [6, 6.07) is 8.97. The van der Waals surface area contributed by atoms with Crippen LogP contribution in [0.5, 0.6) is 11.5 Å². The maximum atomic E-state index is 12.8. The van der Waals surface area contributed by atoms with Crippen LogP contribution in [-0.2, 0) is 9.47 Å². The molecule has 4 rings (SSSR count). The van der Waals surface area contributed by atoms with Gasteiger partial charge < -0.3 is 29.2 Å². The van der Waals surface area contributed by atoms with Crippen LogP contribution in [0.15, 0.2) is 36.5 Å². The van der Waals surface area contributed by atoms with Gasteiger partial charge in [0.15, 0.2) is 5.79 Å². The van der Waals surface area contributed by atoms with Crippen molar-refractivity contribution in [3.63, 3.8) is 0 Å². The van der Waals surface area contributed by atoms with E-state index in [1.165, 1.54) is 14.2 Å². The zero-order valence-corrected chi connectivity index (χ0v) is 16.6. The van der Waals surface area contributed by atoms with Crippen LogP contribution in [0.3, 0.4) is 0 Å². The van der Waals surface area contributed by atoms with Crippen LogP contribution in [-0.4, -0.2) is 57.2 Å². The van der Waals surface area contributed by atoms with Gasteiger partial charge in [-0.2, -0.15) is 0 Å². The Hall–Kier alpha value is -2.84. The third kappa shape index (κ3) is 3.99. The zero-order chi connectivity index (χ0) is 20.3. The number of nitrogens with zero attached hydrogens (tertiary/aromatic N) is 2. The number of nitrogens with one attached hydrogen (secondary N) is 1. The van der Waals surface area contributed by atoms with Crippen LogP contribution in [0.2, 0.25) is 0 Å². The molecular weight excluding hydrogens is 374 g/mol. The number of ether oxygens (including phenoxy) is 4. The topological polar surface area (TPSA) is 82.2 Å². The smallest absolute Gasteiger partial charge is 0.263 e. The third-order valence-corrected chi connectivity index (χ3v) is 5.32. The first-order valence-electron chi connectivity index (χ1n) is 9.65. The van der Waals surface area contributed by atoms with E-state index in [1.54, 1.807) is 24.4 Å². The highest BCUT2D eigenvalue weighted by Crippen LogP contribution is 2.33. The van der Waals surface area contributed by atoms with Gasteiger partial charge in [0.1, 0.15) is 22.9 Å². The van der Waals surface area contributed by atoms with Gasteiger partial charge in [-0.05, 0) is 24.3 Å². The Labute approximate surface area is 169 Å². The number of benzene rings is 1. The molecule has 2 aliphatic heterocycles. The minimum absolute atomic E-state index is 0.315. The fourth-order valence-corrected chi connectivity index (χ4v) is 3.78. The lowest BCUT2D eigenvalue weighted by Gasteiger charge is -2.38. The largest absolute Gasteiger partial charge is 0.496 e. The van der Waals surface area contributed by atoms with E-state index in [-0.39, 0.29) is 5.91 Å². The van der Waals surface area contributed by atoms with Crippen molar-refractivity contribution < 1.29 is 23.7 Å². The first kappa shape index (κ1) is 19.5. The van der Waals surface area contributed by atoms with Crippen molar-refractivity contribution in [3.05, 3.63) is 42.1 Å². The second-order valence-electron chi connectivity index (χ2n) is 6.99. The molecule has 1 spiro atoms. The lowest BCUT2D eigenvalue weighted by Crippen LogP contribution is -2.45. The Kier molecular flexibility index (Phi) is 5.55. The van der Waals surface area contributed by atoms with Gasteiger partial charge in [-0.3, -0.25) is 4.79 Å². The maximum Gasteiger partial charge on any atom is 0.263 e. The molecule has 0 atom stereocenters. The van der Waals surface area contributed by atoms with Gasteiger partial charge in [0.25, 0.3) is 5.91 Å². The molecule has 0 radical (unpaired) electrons. The Morgan fingerprint density at radius 3 is 2.28 bits per heavy atom.